The topological polar surface area (TPSA) is 52.6 Å². The highest BCUT2D eigenvalue weighted by Gasteiger charge is 2.32. The minimum atomic E-state index is -0.102. The van der Waals surface area contributed by atoms with Crippen molar-refractivity contribution < 1.29 is 9.90 Å². The van der Waals surface area contributed by atoms with Crippen molar-refractivity contribution in [2.45, 2.75) is 63.6 Å². The highest BCUT2D eigenvalue weighted by molar-refractivity contribution is 5.81. The van der Waals surface area contributed by atoms with E-state index < -0.39 is 0 Å². The average molecular weight is 240 g/mol. The van der Waals surface area contributed by atoms with Crippen molar-refractivity contribution in [1.29, 1.82) is 0 Å². The van der Waals surface area contributed by atoms with Gasteiger partial charge in [0, 0.05) is 12.1 Å². The Labute approximate surface area is 103 Å². The van der Waals surface area contributed by atoms with E-state index in [0.717, 1.165) is 32.2 Å². The lowest BCUT2D eigenvalue weighted by atomic mass is 10.2. The highest BCUT2D eigenvalue weighted by atomic mass is 16.3. The summed E-state index contributed by atoms with van der Waals surface area (Å²) < 4.78 is 0. The Balaban J connectivity index is 1.85. The Kier molecular flexibility index (Phi) is 4.40. The second-order valence-electron chi connectivity index (χ2n) is 5.38. The molecule has 1 aliphatic carbocycles. The summed E-state index contributed by atoms with van der Waals surface area (Å²) in [7, 11) is 0. The number of carbonyl (C=O) groups is 1. The van der Waals surface area contributed by atoms with Gasteiger partial charge in [0.05, 0.1) is 12.6 Å². The number of amides is 1. The van der Waals surface area contributed by atoms with Crippen LogP contribution in [0, 0.1) is 0 Å². The van der Waals surface area contributed by atoms with E-state index in [-0.39, 0.29) is 24.6 Å². The predicted octanol–water partition coefficient (Wildman–Crippen LogP) is 0.890. The molecule has 1 amide bonds. The van der Waals surface area contributed by atoms with E-state index in [9.17, 15) is 9.90 Å². The van der Waals surface area contributed by atoms with Gasteiger partial charge in [0.25, 0.3) is 0 Å². The van der Waals surface area contributed by atoms with Gasteiger partial charge in [-0.1, -0.05) is 12.8 Å². The molecule has 4 nitrogen and oxygen atoms in total. The number of likely N-dealkylation sites (tertiary alicyclic amines) is 1. The molecule has 98 valence electrons. The fourth-order valence-electron chi connectivity index (χ4n) is 3.11. The minimum absolute atomic E-state index is 0.102. The second kappa shape index (κ2) is 5.83. The third-order valence-corrected chi connectivity index (χ3v) is 4.21. The molecule has 2 N–H and O–H groups in total. The first-order valence-electron chi connectivity index (χ1n) is 6.89. The van der Waals surface area contributed by atoms with Gasteiger partial charge >= 0.3 is 0 Å². The highest BCUT2D eigenvalue weighted by Crippen LogP contribution is 2.21. The Morgan fingerprint density at radius 2 is 2.06 bits per heavy atom. The van der Waals surface area contributed by atoms with Gasteiger partial charge in [-0.05, 0) is 39.2 Å². The lowest BCUT2D eigenvalue weighted by Crippen LogP contribution is -2.50. The molecule has 0 spiro atoms. The van der Waals surface area contributed by atoms with Crippen LogP contribution in [0.4, 0.5) is 0 Å². The first kappa shape index (κ1) is 12.8. The standard InChI is InChI=1S/C13H24N2O2/c1-10(15-8-4-7-12(15)9-16)13(17)14-11-5-2-3-6-11/h10-12,16H,2-9H2,1H3,(H,14,17). The molecule has 0 radical (unpaired) electrons. The zero-order valence-corrected chi connectivity index (χ0v) is 10.7. The van der Waals surface area contributed by atoms with Gasteiger partial charge in [0.2, 0.25) is 5.91 Å². The van der Waals surface area contributed by atoms with Crippen LogP contribution in [0.5, 0.6) is 0 Å². The monoisotopic (exact) mass is 240 g/mol. The van der Waals surface area contributed by atoms with Gasteiger partial charge < -0.3 is 10.4 Å². The molecule has 2 fully saturated rings. The molecule has 4 heteroatoms. The first-order chi connectivity index (χ1) is 8.22. The smallest absolute Gasteiger partial charge is 0.237 e. The summed E-state index contributed by atoms with van der Waals surface area (Å²) >= 11 is 0. The molecule has 2 rings (SSSR count). The number of nitrogens with one attached hydrogen (secondary N) is 1. The van der Waals surface area contributed by atoms with E-state index in [4.69, 9.17) is 0 Å². The van der Waals surface area contributed by atoms with Crippen molar-refractivity contribution in [3.8, 4) is 0 Å². The summed E-state index contributed by atoms with van der Waals surface area (Å²) in [6.07, 6.45) is 6.83. The maximum Gasteiger partial charge on any atom is 0.237 e. The summed E-state index contributed by atoms with van der Waals surface area (Å²) in [5.41, 5.74) is 0. The zero-order chi connectivity index (χ0) is 12.3. The lowest BCUT2D eigenvalue weighted by Gasteiger charge is -2.29. The van der Waals surface area contributed by atoms with Crippen LogP contribution in [0.2, 0.25) is 0 Å². The number of carbonyl (C=O) groups excluding carboxylic acids is 1. The zero-order valence-electron chi connectivity index (χ0n) is 10.7. The summed E-state index contributed by atoms with van der Waals surface area (Å²) in [4.78, 5) is 14.3. The van der Waals surface area contributed by atoms with Crippen molar-refractivity contribution in [3.05, 3.63) is 0 Å². The van der Waals surface area contributed by atoms with Crippen LogP contribution in [-0.2, 0) is 4.79 Å². The number of hydrogen-bond acceptors (Lipinski definition) is 3. The number of hydrogen-bond donors (Lipinski definition) is 2. The van der Waals surface area contributed by atoms with E-state index >= 15 is 0 Å². The number of rotatable bonds is 4. The first-order valence-corrected chi connectivity index (χ1v) is 6.89. The summed E-state index contributed by atoms with van der Waals surface area (Å²) in [6.45, 7) is 3.06. The predicted molar refractivity (Wildman–Crippen MR) is 66.7 cm³/mol. The third-order valence-electron chi connectivity index (χ3n) is 4.21. The van der Waals surface area contributed by atoms with E-state index in [2.05, 4.69) is 10.2 Å². The molecule has 0 aromatic rings. The maximum atomic E-state index is 12.1. The van der Waals surface area contributed by atoms with Gasteiger partial charge in [-0.3, -0.25) is 9.69 Å². The van der Waals surface area contributed by atoms with Crippen LogP contribution in [0.15, 0.2) is 0 Å². The molecule has 2 unspecified atom stereocenters. The molecule has 17 heavy (non-hydrogen) atoms. The SMILES string of the molecule is CC(C(=O)NC1CCCC1)N1CCCC1CO. The maximum absolute atomic E-state index is 12.1. The average Bonchev–Trinajstić information content (AvgIpc) is 2.97. The molecule has 2 atom stereocenters. The minimum Gasteiger partial charge on any atom is -0.395 e. The molecular weight excluding hydrogens is 216 g/mol. The third kappa shape index (κ3) is 2.99. The lowest BCUT2D eigenvalue weighted by molar-refractivity contribution is -0.127. The van der Waals surface area contributed by atoms with Gasteiger partial charge in [-0.15, -0.1) is 0 Å². The van der Waals surface area contributed by atoms with Gasteiger partial charge in [0.1, 0.15) is 0 Å². The number of aliphatic hydroxyl groups is 1. The van der Waals surface area contributed by atoms with Crippen LogP contribution in [0.25, 0.3) is 0 Å². The summed E-state index contributed by atoms with van der Waals surface area (Å²) in [5.74, 6) is 0.136. The number of nitrogens with zero attached hydrogens (tertiary/aromatic N) is 1. The van der Waals surface area contributed by atoms with Gasteiger partial charge in [-0.25, -0.2) is 0 Å². The Morgan fingerprint density at radius 1 is 1.35 bits per heavy atom. The molecule has 1 aliphatic heterocycles. The van der Waals surface area contributed by atoms with E-state index in [1.165, 1.54) is 12.8 Å². The Morgan fingerprint density at radius 3 is 2.71 bits per heavy atom. The van der Waals surface area contributed by atoms with Crippen molar-refractivity contribution in [2.75, 3.05) is 13.2 Å². The van der Waals surface area contributed by atoms with Crippen molar-refractivity contribution >= 4 is 5.91 Å². The molecule has 1 heterocycles. The van der Waals surface area contributed by atoms with Crippen LogP contribution < -0.4 is 5.32 Å². The van der Waals surface area contributed by atoms with Crippen molar-refractivity contribution in [1.82, 2.24) is 10.2 Å². The molecule has 1 saturated heterocycles. The second-order valence-corrected chi connectivity index (χ2v) is 5.38. The Hall–Kier alpha value is -0.610. The molecule has 1 saturated carbocycles. The molecule has 0 aromatic heterocycles. The molecule has 0 bridgehead atoms. The summed E-state index contributed by atoms with van der Waals surface area (Å²) in [5, 5.41) is 12.4. The quantitative estimate of drug-likeness (QED) is 0.767. The fourth-order valence-corrected chi connectivity index (χ4v) is 3.11. The Bertz CT molecular complexity index is 264. The van der Waals surface area contributed by atoms with Gasteiger partial charge in [0.15, 0.2) is 0 Å². The van der Waals surface area contributed by atoms with Crippen LogP contribution in [-0.4, -0.2) is 47.2 Å². The van der Waals surface area contributed by atoms with Crippen LogP contribution >= 0.6 is 0 Å². The van der Waals surface area contributed by atoms with Gasteiger partial charge in [-0.2, -0.15) is 0 Å². The van der Waals surface area contributed by atoms with Crippen molar-refractivity contribution in [2.24, 2.45) is 0 Å². The van der Waals surface area contributed by atoms with Crippen LogP contribution in [0.1, 0.15) is 45.4 Å². The van der Waals surface area contributed by atoms with E-state index in [1.54, 1.807) is 0 Å². The van der Waals surface area contributed by atoms with E-state index in [1.807, 2.05) is 6.92 Å². The van der Waals surface area contributed by atoms with Crippen molar-refractivity contribution in [3.63, 3.8) is 0 Å². The molecule has 0 aromatic carbocycles. The normalized spacial score (nSPS) is 28.5. The number of aliphatic hydroxyl groups excluding tert-OH is 1. The molecular formula is C13H24N2O2. The fraction of sp³-hybridized carbons (Fsp3) is 0.923. The van der Waals surface area contributed by atoms with Crippen LogP contribution in [0.3, 0.4) is 0 Å². The summed E-state index contributed by atoms with van der Waals surface area (Å²) in [6, 6.07) is 0.467. The molecule has 2 aliphatic rings. The van der Waals surface area contributed by atoms with E-state index in [0.29, 0.717) is 6.04 Å². The largest absolute Gasteiger partial charge is 0.395 e.